The third kappa shape index (κ3) is 4.46. The predicted molar refractivity (Wildman–Crippen MR) is 122 cm³/mol. The van der Waals surface area contributed by atoms with Crippen molar-refractivity contribution < 1.29 is 19.4 Å². The average molecular weight is 437 g/mol. The Morgan fingerprint density at radius 3 is 2.38 bits per heavy atom. The Morgan fingerprint density at radius 1 is 1.00 bits per heavy atom. The third-order valence-electron chi connectivity index (χ3n) is 5.70. The molecule has 32 heavy (non-hydrogen) atoms. The van der Waals surface area contributed by atoms with Crippen LogP contribution in [0.25, 0.3) is 16.9 Å². The molecule has 2 aromatic carbocycles. The van der Waals surface area contributed by atoms with E-state index in [1.807, 2.05) is 53.4 Å². The fourth-order valence-electron chi connectivity index (χ4n) is 3.93. The number of hydrogen-bond donors (Lipinski definition) is 1. The SMILES string of the molecule is COc1ccc(-c2nn(-c3ccccc3)cc2C(=O)N2CCN(CCO)CC2)cc1OC. The van der Waals surface area contributed by atoms with Crippen molar-refractivity contribution in [2.45, 2.75) is 0 Å². The quantitative estimate of drug-likeness (QED) is 0.612. The summed E-state index contributed by atoms with van der Waals surface area (Å²) in [6, 6.07) is 15.3. The molecule has 1 N–H and O–H groups in total. The van der Waals surface area contributed by atoms with E-state index in [-0.39, 0.29) is 12.5 Å². The molecule has 168 valence electrons. The molecule has 0 saturated carbocycles. The molecule has 0 spiro atoms. The van der Waals surface area contributed by atoms with E-state index in [9.17, 15) is 9.90 Å². The number of aliphatic hydroxyl groups is 1. The van der Waals surface area contributed by atoms with Gasteiger partial charge in [0.2, 0.25) is 0 Å². The summed E-state index contributed by atoms with van der Waals surface area (Å²) in [7, 11) is 3.18. The molecule has 1 saturated heterocycles. The molecule has 0 radical (unpaired) electrons. The van der Waals surface area contributed by atoms with Crippen LogP contribution in [0.1, 0.15) is 10.4 Å². The Bertz CT molecular complexity index is 1060. The first kappa shape index (κ1) is 21.9. The number of β-amino-alcohol motifs (C(OH)–C–C–N with tert-alkyl or cyclic N) is 1. The van der Waals surface area contributed by atoms with E-state index in [1.165, 1.54) is 0 Å². The highest BCUT2D eigenvalue weighted by Crippen LogP contribution is 2.34. The van der Waals surface area contributed by atoms with Gasteiger partial charge in [-0.1, -0.05) is 18.2 Å². The lowest BCUT2D eigenvalue weighted by atomic mass is 10.1. The van der Waals surface area contributed by atoms with Crippen molar-refractivity contribution in [3.63, 3.8) is 0 Å². The zero-order chi connectivity index (χ0) is 22.5. The first-order valence-corrected chi connectivity index (χ1v) is 10.6. The van der Waals surface area contributed by atoms with Crippen LogP contribution in [0.2, 0.25) is 0 Å². The van der Waals surface area contributed by atoms with Crippen molar-refractivity contribution in [1.29, 1.82) is 0 Å². The number of amides is 1. The average Bonchev–Trinajstić information content (AvgIpc) is 3.30. The van der Waals surface area contributed by atoms with Gasteiger partial charge in [-0.05, 0) is 30.3 Å². The van der Waals surface area contributed by atoms with Gasteiger partial charge in [-0.2, -0.15) is 5.10 Å². The standard InChI is InChI=1S/C24H28N4O4/c1-31-21-9-8-18(16-22(21)32-2)23-20(17-28(25-23)19-6-4-3-5-7-19)24(30)27-12-10-26(11-13-27)14-15-29/h3-9,16-17,29H,10-15H2,1-2H3. The van der Waals surface area contributed by atoms with Gasteiger partial charge in [-0.15, -0.1) is 0 Å². The van der Waals surface area contributed by atoms with E-state index in [1.54, 1.807) is 25.1 Å². The number of methoxy groups -OCH3 is 2. The maximum Gasteiger partial charge on any atom is 0.257 e. The van der Waals surface area contributed by atoms with Gasteiger partial charge < -0.3 is 19.5 Å². The van der Waals surface area contributed by atoms with Crippen LogP contribution >= 0.6 is 0 Å². The molecule has 0 unspecified atom stereocenters. The highest BCUT2D eigenvalue weighted by atomic mass is 16.5. The fraction of sp³-hybridized carbons (Fsp3) is 0.333. The van der Waals surface area contributed by atoms with Crippen LogP contribution in [-0.2, 0) is 0 Å². The highest BCUT2D eigenvalue weighted by molar-refractivity contribution is 6.00. The van der Waals surface area contributed by atoms with E-state index in [2.05, 4.69) is 4.90 Å². The molecule has 8 nitrogen and oxygen atoms in total. The van der Waals surface area contributed by atoms with Crippen molar-refractivity contribution >= 4 is 5.91 Å². The molecule has 4 rings (SSSR count). The molecule has 0 aliphatic carbocycles. The summed E-state index contributed by atoms with van der Waals surface area (Å²) in [5.74, 6) is 1.14. The van der Waals surface area contributed by atoms with Gasteiger partial charge in [0.1, 0.15) is 5.69 Å². The number of piperazine rings is 1. The van der Waals surface area contributed by atoms with E-state index in [0.717, 1.165) is 24.3 Å². The number of nitrogens with zero attached hydrogens (tertiary/aromatic N) is 4. The number of aromatic nitrogens is 2. The summed E-state index contributed by atoms with van der Waals surface area (Å²) in [5, 5.41) is 13.9. The van der Waals surface area contributed by atoms with Crippen LogP contribution in [0.15, 0.2) is 54.7 Å². The summed E-state index contributed by atoms with van der Waals surface area (Å²) in [5.41, 5.74) is 2.79. The van der Waals surface area contributed by atoms with Gasteiger partial charge in [0, 0.05) is 44.5 Å². The van der Waals surface area contributed by atoms with Crippen LogP contribution < -0.4 is 9.47 Å². The fourth-order valence-corrected chi connectivity index (χ4v) is 3.93. The number of rotatable bonds is 7. The lowest BCUT2D eigenvalue weighted by Crippen LogP contribution is -2.49. The number of para-hydroxylation sites is 1. The molecule has 1 amide bonds. The summed E-state index contributed by atoms with van der Waals surface area (Å²) in [6.07, 6.45) is 1.80. The lowest BCUT2D eigenvalue weighted by molar-refractivity contribution is 0.0615. The van der Waals surface area contributed by atoms with Crippen LogP contribution in [0.4, 0.5) is 0 Å². The Hall–Kier alpha value is -3.36. The third-order valence-corrected chi connectivity index (χ3v) is 5.70. The molecule has 0 atom stereocenters. The molecule has 2 heterocycles. The Balaban J connectivity index is 1.71. The number of ether oxygens (including phenoxy) is 2. The predicted octanol–water partition coefficient (Wildman–Crippen LogP) is 2.31. The maximum atomic E-state index is 13.5. The zero-order valence-electron chi connectivity index (χ0n) is 18.4. The first-order valence-electron chi connectivity index (χ1n) is 10.6. The minimum Gasteiger partial charge on any atom is -0.493 e. The van der Waals surface area contributed by atoms with Gasteiger partial charge in [0.25, 0.3) is 5.91 Å². The van der Waals surface area contributed by atoms with Gasteiger partial charge >= 0.3 is 0 Å². The molecular formula is C24H28N4O4. The molecule has 1 aliphatic heterocycles. The molecule has 8 heteroatoms. The smallest absolute Gasteiger partial charge is 0.257 e. The van der Waals surface area contributed by atoms with Crippen molar-refractivity contribution in [3.8, 4) is 28.4 Å². The van der Waals surface area contributed by atoms with Crippen LogP contribution in [0, 0.1) is 0 Å². The molecule has 0 bridgehead atoms. The number of benzene rings is 2. The summed E-state index contributed by atoms with van der Waals surface area (Å²) < 4.78 is 12.6. The van der Waals surface area contributed by atoms with Gasteiger partial charge in [-0.25, -0.2) is 4.68 Å². The van der Waals surface area contributed by atoms with E-state index < -0.39 is 0 Å². The highest BCUT2D eigenvalue weighted by Gasteiger charge is 2.27. The maximum absolute atomic E-state index is 13.5. The number of aliphatic hydroxyl groups excluding tert-OH is 1. The largest absolute Gasteiger partial charge is 0.493 e. The van der Waals surface area contributed by atoms with Crippen molar-refractivity contribution in [1.82, 2.24) is 19.6 Å². The van der Waals surface area contributed by atoms with E-state index in [4.69, 9.17) is 14.6 Å². The van der Waals surface area contributed by atoms with Gasteiger partial charge in [0.15, 0.2) is 11.5 Å². The first-order chi connectivity index (χ1) is 15.6. The zero-order valence-corrected chi connectivity index (χ0v) is 18.4. The Labute approximate surface area is 187 Å². The molecule has 1 aliphatic rings. The summed E-state index contributed by atoms with van der Waals surface area (Å²) in [4.78, 5) is 17.5. The topological polar surface area (TPSA) is 80.1 Å². The Kier molecular flexibility index (Phi) is 6.72. The number of carbonyl (C=O) groups excluding carboxylic acids is 1. The van der Waals surface area contributed by atoms with Crippen LogP contribution in [0.3, 0.4) is 0 Å². The summed E-state index contributed by atoms with van der Waals surface area (Å²) >= 11 is 0. The van der Waals surface area contributed by atoms with Crippen LogP contribution in [-0.4, -0.2) is 84.1 Å². The van der Waals surface area contributed by atoms with Crippen LogP contribution in [0.5, 0.6) is 11.5 Å². The molecule has 3 aromatic rings. The number of hydrogen-bond acceptors (Lipinski definition) is 6. The van der Waals surface area contributed by atoms with E-state index >= 15 is 0 Å². The molecule has 1 fully saturated rings. The van der Waals surface area contributed by atoms with Crippen molar-refractivity contribution in [2.24, 2.45) is 0 Å². The normalized spacial score (nSPS) is 14.4. The Morgan fingerprint density at radius 2 is 1.72 bits per heavy atom. The second kappa shape index (κ2) is 9.84. The molecule has 1 aromatic heterocycles. The lowest BCUT2D eigenvalue weighted by Gasteiger charge is -2.34. The van der Waals surface area contributed by atoms with Crippen molar-refractivity contribution in [2.75, 3.05) is 53.6 Å². The number of carbonyl (C=O) groups is 1. The monoisotopic (exact) mass is 436 g/mol. The van der Waals surface area contributed by atoms with Crippen molar-refractivity contribution in [3.05, 3.63) is 60.3 Å². The molecular weight excluding hydrogens is 408 g/mol. The van der Waals surface area contributed by atoms with E-state index in [0.29, 0.717) is 42.4 Å². The second-order valence-electron chi connectivity index (χ2n) is 7.60. The summed E-state index contributed by atoms with van der Waals surface area (Å²) in [6.45, 7) is 3.46. The van der Waals surface area contributed by atoms with Gasteiger partial charge in [-0.3, -0.25) is 9.69 Å². The minimum absolute atomic E-state index is 0.0550. The second-order valence-corrected chi connectivity index (χ2v) is 7.60. The van der Waals surface area contributed by atoms with Gasteiger partial charge in [0.05, 0.1) is 32.1 Å². The minimum atomic E-state index is -0.0550.